The van der Waals surface area contributed by atoms with E-state index < -0.39 is 5.97 Å². The molecular formula is C10H11N3O3. The number of nitrogens with one attached hydrogen (secondary N) is 1. The van der Waals surface area contributed by atoms with Gasteiger partial charge in [-0.15, -0.1) is 6.42 Å². The van der Waals surface area contributed by atoms with Crippen LogP contribution in [0.1, 0.15) is 16.1 Å². The Hall–Kier alpha value is -2.29. The number of carboxylic acid groups (broad SMARTS) is 1. The fraction of sp³-hybridized carbons (Fsp3) is 0.300. The SMILES string of the molecule is C#CCNC(=O)Cn1cc(C(=O)O)c(C)n1. The molecule has 0 saturated heterocycles. The third kappa shape index (κ3) is 2.85. The molecule has 0 saturated carbocycles. The van der Waals surface area contributed by atoms with Gasteiger partial charge in [0.15, 0.2) is 0 Å². The van der Waals surface area contributed by atoms with E-state index in [0.717, 1.165) is 0 Å². The molecule has 0 unspecified atom stereocenters. The third-order valence-electron chi connectivity index (χ3n) is 1.87. The van der Waals surface area contributed by atoms with Gasteiger partial charge in [-0.05, 0) is 6.92 Å². The molecule has 1 amide bonds. The maximum atomic E-state index is 11.2. The fourth-order valence-corrected chi connectivity index (χ4v) is 1.16. The molecule has 6 nitrogen and oxygen atoms in total. The Labute approximate surface area is 92.3 Å². The highest BCUT2D eigenvalue weighted by Crippen LogP contribution is 2.04. The summed E-state index contributed by atoms with van der Waals surface area (Å²) < 4.78 is 1.27. The van der Waals surface area contributed by atoms with E-state index in [4.69, 9.17) is 11.5 Å². The summed E-state index contributed by atoms with van der Waals surface area (Å²) in [5, 5.41) is 15.1. The van der Waals surface area contributed by atoms with Crippen molar-refractivity contribution in [3.8, 4) is 12.3 Å². The lowest BCUT2D eigenvalue weighted by Crippen LogP contribution is -2.27. The smallest absolute Gasteiger partial charge is 0.339 e. The number of hydrogen-bond donors (Lipinski definition) is 2. The summed E-state index contributed by atoms with van der Waals surface area (Å²) in [6.45, 7) is 1.67. The number of amides is 1. The van der Waals surface area contributed by atoms with E-state index in [1.54, 1.807) is 6.92 Å². The number of aromatic carboxylic acids is 1. The van der Waals surface area contributed by atoms with Gasteiger partial charge in [0.1, 0.15) is 12.1 Å². The van der Waals surface area contributed by atoms with Gasteiger partial charge >= 0.3 is 5.97 Å². The Kier molecular flexibility index (Phi) is 3.67. The summed E-state index contributed by atoms with van der Waals surface area (Å²) >= 11 is 0. The van der Waals surface area contributed by atoms with Crippen LogP contribution in [0.25, 0.3) is 0 Å². The van der Waals surface area contributed by atoms with Crippen LogP contribution in [0, 0.1) is 19.3 Å². The molecule has 2 N–H and O–H groups in total. The molecule has 6 heteroatoms. The largest absolute Gasteiger partial charge is 0.478 e. The minimum absolute atomic E-state index is 0.0458. The second-order valence-electron chi connectivity index (χ2n) is 3.11. The van der Waals surface area contributed by atoms with Gasteiger partial charge < -0.3 is 10.4 Å². The lowest BCUT2D eigenvalue weighted by Gasteiger charge is -2.00. The van der Waals surface area contributed by atoms with Crippen LogP contribution in [0.3, 0.4) is 0 Å². The van der Waals surface area contributed by atoms with Gasteiger partial charge in [-0.25, -0.2) is 4.79 Å². The second-order valence-corrected chi connectivity index (χ2v) is 3.11. The molecule has 0 atom stereocenters. The first-order valence-corrected chi connectivity index (χ1v) is 4.52. The molecule has 1 aromatic heterocycles. The summed E-state index contributed by atoms with van der Waals surface area (Å²) in [7, 11) is 0. The number of nitrogens with zero attached hydrogens (tertiary/aromatic N) is 2. The maximum Gasteiger partial charge on any atom is 0.339 e. The van der Waals surface area contributed by atoms with Crippen LogP contribution >= 0.6 is 0 Å². The Balaban J connectivity index is 2.69. The molecule has 0 radical (unpaired) electrons. The van der Waals surface area contributed by atoms with Gasteiger partial charge in [0.25, 0.3) is 0 Å². The molecule has 0 aromatic carbocycles. The van der Waals surface area contributed by atoms with Gasteiger partial charge in [-0.1, -0.05) is 5.92 Å². The van der Waals surface area contributed by atoms with Gasteiger partial charge in [-0.2, -0.15) is 5.10 Å². The first-order valence-electron chi connectivity index (χ1n) is 4.52. The number of rotatable bonds is 4. The number of carbonyl (C=O) groups is 2. The predicted molar refractivity (Wildman–Crippen MR) is 55.8 cm³/mol. The second kappa shape index (κ2) is 4.98. The highest BCUT2D eigenvalue weighted by molar-refractivity contribution is 5.88. The topological polar surface area (TPSA) is 84.2 Å². The van der Waals surface area contributed by atoms with Gasteiger partial charge in [0.2, 0.25) is 5.91 Å². The quantitative estimate of drug-likeness (QED) is 0.680. The van der Waals surface area contributed by atoms with Crippen LogP contribution in [0.5, 0.6) is 0 Å². The van der Waals surface area contributed by atoms with E-state index in [2.05, 4.69) is 16.3 Å². The molecule has 0 bridgehead atoms. The molecule has 1 rings (SSSR count). The van der Waals surface area contributed by atoms with Crippen molar-refractivity contribution < 1.29 is 14.7 Å². The minimum Gasteiger partial charge on any atom is -0.478 e. The molecule has 0 aliphatic rings. The Morgan fingerprint density at radius 1 is 1.69 bits per heavy atom. The maximum absolute atomic E-state index is 11.2. The molecule has 0 aliphatic heterocycles. The normalized spacial score (nSPS) is 9.50. The highest BCUT2D eigenvalue weighted by Gasteiger charge is 2.12. The van der Waals surface area contributed by atoms with Crippen molar-refractivity contribution >= 4 is 11.9 Å². The molecule has 0 aliphatic carbocycles. The lowest BCUT2D eigenvalue weighted by atomic mass is 10.3. The standard InChI is InChI=1S/C10H11N3O3/c1-3-4-11-9(14)6-13-5-8(10(15)16)7(2)12-13/h1,5H,4,6H2,2H3,(H,11,14)(H,15,16). The van der Waals surface area contributed by atoms with Crippen LogP contribution in [0.2, 0.25) is 0 Å². The number of aryl methyl sites for hydroxylation is 1. The molecular weight excluding hydrogens is 210 g/mol. The molecule has 1 aromatic rings. The zero-order valence-electron chi connectivity index (χ0n) is 8.73. The lowest BCUT2D eigenvalue weighted by molar-refractivity contribution is -0.121. The number of carbonyl (C=O) groups excluding carboxylic acids is 1. The summed E-state index contributed by atoms with van der Waals surface area (Å²) in [5.41, 5.74) is 0.460. The van der Waals surface area contributed by atoms with Crippen molar-refractivity contribution in [2.75, 3.05) is 6.54 Å². The summed E-state index contributed by atoms with van der Waals surface area (Å²) in [6, 6.07) is 0. The Morgan fingerprint density at radius 2 is 2.38 bits per heavy atom. The van der Waals surface area contributed by atoms with Gasteiger partial charge in [0, 0.05) is 6.20 Å². The zero-order chi connectivity index (χ0) is 12.1. The molecule has 1 heterocycles. The average molecular weight is 221 g/mol. The molecule has 84 valence electrons. The molecule has 16 heavy (non-hydrogen) atoms. The first kappa shape index (κ1) is 11.8. The highest BCUT2D eigenvalue weighted by atomic mass is 16.4. The monoisotopic (exact) mass is 221 g/mol. The van der Waals surface area contributed by atoms with Gasteiger partial charge in [0.05, 0.1) is 12.2 Å². The number of terminal acetylenes is 1. The Morgan fingerprint density at radius 3 is 2.88 bits per heavy atom. The zero-order valence-corrected chi connectivity index (χ0v) is 8.73. The van der Waals surface area contributed by atoms with Crippen molar-refractivity contribution in [2.45, 2.75) is 13.5 Å². The van der Waals surface area contributed by atoms with E-state index in [1.807, 2.05) is 0 Å². The third-order valence-corrected chi connectivity index (χ3v) is 1.87. The van der Waals surface area contributed by atoms with E-state index in [-0.39, 0.29) is 24.6 Å². The van der Waals surface area contributed by atoms with E-state index in [0.29, 0.717) is 5.69 Å². The number of carboxylic acids is 1. The van der Waals surface area contributed by atoms with Crippen LogP contribution in [-0.4, -0.2) is 33.3 Å². The van der Waals surface area contributed by atoms with Crippen LogP contribution in [0.4, 0.5) is 0 Å². The van der Waals surface area contributed by atoms with E-state index in [9.17, 15) is 9.59 Å². The first-order chi connectivity index (χ1) is 7.54. The fourth-order valence-electron chi connectivity index (χ4n) is 1.16. The number of hydrogen-bond acceptors (Lipinski definition) is 3. The van der Waals surface area contributed by atoms with Crippen molar-refractivity contribution in [3.63, 3.8) is 0 Å². The van der Waals surface area contributed by atoms with E-state index in [1.165, 1.54) is 10.9 Å². The number of aromatic nitrogens is 2. The summed E-state index contributed by atoms with van der Waals surface area (Å²) in [5.74, 6) is 0.893. The molecule has 0 fully saturated rings. The minimum atomic E-state index is -1.06. The van der Waals surface area contributed by atoms with Crippen LogP contribution in [0.15, 0.2) is 6.20 Å². The predicted octanol–water partition coefficient (Wildman–Crippen LogP) is -0.361. The van der Waals surface area contributed by atoms with Gasteiger partial charge in [-0.3, -0.25) is 9.48 Å². The Bertz CT molecular complexity index is 456. The van der Waals surface area contributed by atoms with Crippen LogP contribution in [-0.2, 0) is 11.3 Å². The van der Waals surface area contributed by atoms with Crippen molar-refractivity contribution in [2.24, 2.45) is 0 Å². The van der Waals surface area contributed by atoms with Crippen molar-refractivity contribution in [1.29, 1.82) is 0 Å². The van der Waals surface area contributed by atoms with Crippen LogP contribution < -0.4 is 5.32 Å². The van der Waals surface area contributed by atoms with E-state index >= 15 is 0 Å². The molecule has 0 spiro atoms. The van der Waals surface area contributed by atoms with Crippen molar-refractivity contribution in [3.05, 3.63) is 17.5 Å². The average Bonchev–Trinajstić information content (AvgIpc) is 2.56. The van der Waals surface area contributed by atoms with Crippen molar-refractivity contribution in [1.82, 2.24) is 15.1 Å². The summed E-state index contributed by atoms with van der Waals surface area (Å²) in [4.78, 5) is 22.0. The summed E-state index contributed by atoms with van der Waals surface area (Å²) in [6.07, 6.45) is 6.29.